The second-order valence-corrected chi connectivity index (χ2v) is 4.61. The molecule has 0 spiro atoms. The van der Waals surface area contributed by atoms with Crippen LogP contribution in [0.4, 0.5) is 5.69 Å². The van der Waals surface area contributed by atoms with Gasteiger partial charge in [-0.3, -0.25) is 4.79 Å². The highest BCUT2D eigenvalue weighted by Gasteiger charge is 2.17. The van der Waals surface area contributed by atoms with Crippen LogP contribution in [-0.4, -0.2) is 39.1 Å². The Balaban J connectivity index is 0.00000162. The Kier molecular flexibility index (Phi) is 5.44. The van der Waals surface area contributed by atoms with Crippen LogP contribution in [0.5, 0.6) is 0 Å². The highest BCUT2D eigenvalue weighted by atomic mass is 35.5. The molecule has 1 aliphatic rings. The van der Waals surface area contributed by atoms with Crippen molar-refractivity contribution in [2.75, 3.05) is 32.1 Å². The maximum absolute atomic E-state index is 12.0. The van der Waals surface area contributed by atoms with Gasteiger partial charge in [0.2, 0.25) is 0 Å². The van der Waals surface area contributed by atoms with Crippen molar-refractivity contribution in [2.45, 2.75) is 12.5 Å². The number of anilines is 1. The summed E-state index contributed by atoms with van der Waals surface area (Å²) in [7, 11) is 3.94. The van der Waals surface area contributed by atoms with Gasteiger partial charge in [0.1, 0.15) is 0 Å². The number of nitrogens with zero attached hydrogens (tertiary/aromatic N) is 1. The molecule has 1 saturated heterocycles. The standard InChI is InChI=1S/C13H19N3O.ClH/c1-16(2)12-5-3-4-10(8-12)13(17)15-11-6-7-14-9-11;/h3-5,8,11,14H,6-7,9H2,1-2H3,(H,15,17);1H. The first-order valence-corrected chi connectivity index (χ1v) is 5.96. The molecule has 1 unspecified atom stereocenters. The molecule has 1 aliphatic heterocycles. The van der Waals surface area contributed by atoms with E-state index < -0.39 is 0 Å². The summed E-state index contributed by atoms with van der Waals surface area (Å²) in [5.41, 5.74) is 1.77. The van der Waals surface area contributed by atoms with Gasteiger partial charge in [0, 0.05) is 37.9 Å². The van der Waals surface area contributed by atoms with E-state index in [1.54, 1.807) is 0 Å². The topological polar surface area (TPSA) is 44.4 Å². The molecule has 2 N–H and O–H groups in total. The fourth-order valence-electron chi connectivity index (χ4n) is 1.97. The van der Waals surface area contributed by atoms with Crippen LogP contribution in [0.3, 0.4) is 0 Å². The molecular formula is C13H20ClN3O. The van der Waals surface area contributed by atoms with E-state index in [0.717, 1.165) is 30.8 Å². The lowest BCUT2D eigenvalue weighted by atomic mass is 10.1. The number of carbonyl (C=O) groups is 1. The predicted molar refractivity (Wildman–Crippen MR) is 76.8 cm³/mol. The minimum atomic E-state index is 0. The Morgan fingerprint density at radius 3 is 2.83 bits per heavy atom. The van der Waals surface area contributed by atoms with E-state index in [0.29, 0.717) is 0 Å². The zero-order valence-corrected chi connectivity index (χ0v) is 11.6. The van der Waals surface area contributed by atoms with E-state index in [1.807, 2.05) is 43.3 Å². The van der Waals surface area contributed by atoms with Crippen LogP contribution in [0.15, 0.2) is 24.3 Å². The highest BCUT2D eigenvalue weighted by molar-refractivity contribution is 5.95. The third-order valence-corrected chi connectivity index (χ3v) is 3.02. The molecule has 0 aliphatic carbocycles. The molecule has 1 aromatic rings. The largest absolute Gasteiger partial charge is 0.378 e. The molecule has 1 atom stereocenters. The van der Waals surface area contributed by atoms with Crippen molar-refractivity contribution in [1.82, 2.24) is 10.6 Å². The number of hydrogen-bond acceptors (Lipinski definition) is 3. The lowest BCUT2D eigenvalue weighted by Crippen LogP contribution is -2.36. The van der Waals surface area contributed by atoms with Crippen LogP contribution in [-0.2, 0) is 0 Å². The number of hydrogen-bond donors (Lipinski definition) is 2. The third kappa shape index (κ3) is 3.62. The van der Waals surface area contributed by atoms with Crippen molar-refractivity contribution < 1.29 is 4.79 Å². The SMILES string of the molecule is CN(C)c1cccc(C(=O)NC2CCNC2)c1.Cl. The third-order valence-electron chi connectivity index (χ3n) is 3.02. The lowest BCUT2D eigenvalue weighted by molar-refractivity contribution is 0.0940. The molecule has 1 amide bonds. The van der Waals surface area contributed by atoms with Crippen LogP contribution < -0.4 is 15.5 Å². The summed E-state index contributed by atoms with van der Waals surface area (Å²) < 4.78 is 0. The Morgan fingerprint density at radius 2 is 2.22 bits per heavy atom. The smallest absolute Gasteiger partial charge is 0.251 e. The van der Waals surface area contributed by atoms with Crippen molar-refractivity contribution in [2.24, 2.45) is 0 Å². The van der Waals surface area contributed by atoms with Gasteiger partial charge in [-0.2, -0.15) is 0 Å². The molecule has 1 heterocycles. The van der Waals surface area contributed by atoms with Gasteiger partial charge in [0.25, 0.3) is 5.91 Å². The summed E-state index contributed by atoms with van der Waals surface area (Å²) in [5.74, 6) is 0.0161. The van der Waals surface area contributed by atoms with Gasteiger partial charge in [-0.05, 0) is 31.2 Å². The fraction of sp³-hybridized carbons (Fsp3) is 0.462. The molecule has 2 rings (SSSR count). The molecule has 18 heavy (non-hydrogen) atoms. The zero-order chi connectivity index (χ0) is 12.3. The summed E-state index contributed by atoms with van der Waals surface area (Å²) in [5, 5.41) is 6.28. The van der Waals surface area contributed by atoms with Crippen molar-refractivity contribution in [1.29, 1.82) is 0 Å². The minimum Gasteiger partial charge on any atom is -0.378 e. The average Bonchev–Trinajstić information content (AvgIpc) is 2.82. The van der Waals surface area contributed by atoms with Crippen molar-refractivity contribution >= 4 is 24.0 Å². The number of benzene rings is 1. The molecule has 1 aromatic carbocycles. The number of halogens is 1. The van der Waals surface area contributed by atoms with Crippen molar-refractivity contribution in [3.8, 4) is 0 Å². The summed E-state index contributed by atoms with van der Waals surface area (Å²) in [6.45, 7) is 1.86. The number of amides is 1. The molecule has 1 fully saturated rings. The maximum atomic E-state index is 12.0. The fourth-order valence-corrected chi connectivity index (χ4v) is 1.97. The summed E-state index contributed by atoms with van der Waals surface area (Å²) in [4.78, 5) is 14.0. The van der Waals surface area contributed by atoms with E-state index in [1.165, 1.54) is 0 Å². The number of carbonyl (C=O) groups excluding carboxylic acids is 1. The zero-order valence-electron chi connectivity index (χ0n) is 10.8. The maximum Gasteiger partial charge on any atom is 0.251 e. The number of rotatable bonds is 3. The molecule has 0 aromatic heterocycles. The highest BCUT2D eigenvalue weighted by Crippen LogP contribution is 2.13. The first-order chi connectivity index (χ1) is 8.16. The van der Waals surface area contributed by atoms with Crippen LogP contribution in [0.1, 0.15) is 16.8 Å². The predicted octanol–water partition coefficient (Wildman–Crippen LogP) is 1.27. The Labute approximate surface area is 114 Å². The van der Waals surface area contributed by atoms with Gasteiger partial charge >= 0.3 is 0 Å². The van der Waals surface area contributed by atoms with Crippen LogP contribution in [0.2, 0.25) is 0 Å². The Hall–Kier alpha value is -1.26. The lowest BCUT2D eigenvalue weighted by Gasteiger charge is -2.15. The van der Waals surface area contributed by atoms with Crippen LogP contribution in [0.25, 0.3) is 0 Å². The van der Waals surface area contributed by atoms with E-state index in [2.05, 4.69) is 10.6 Å². The van der Waals surface area contributed by atoms with Crippen molar-refractivity contribution in [3.05, 3.63) is 29.8 Å². The normalized spacial score (nSPS) is 18.0. The average molecular weight is 270 g/mol. The van der Waals surface area contributed by atoms with Gasteiger partial charge in [-0.1, -0.05) is 6.07 Å². The molecule has 4 nitrogen and oxygen atoms in total. The number of nitrogens with one attached hydrogen (secondary N) is 2. The summed E-state index contributed by atoms with van der Waals surface area (Å²) in [6, 6.07) is 7.94. The quantitative estimate of drug-likeness (QED) is 0.869. The second-order valence-electron chi connectivity index (χ2n) is 4.61. The first kappa shape index (κ1) is 14.8. The molecule has 0 radical (unpaired) electrons. The first-order valence-electron chi connectivity index (χ1n) is 5.96. The molecule has 0 saturated carbocycles. The van der Waals surface area contributed by atoms with E-state index in [-0.39, 0.29) is 24.4 Å². The molecule has 5 heteroatoms. The second kappa shape index (κ2) is 6.61. The molecular weight excluding hydrogens is 250 g/mol. The summed E-state index contributed by atoms with van der Waals surface area (Å²) >= 11 is 0. The van der Waals surface area contributed by atoms with E-state index >= 15 is 0 Å². The van der Waals surface area contributed by atoms with Gasteiger partial charge in [0.15, 0.2) is 0 Å². The van der Waals surface area contributed by atoms with Gasteiger partial charge in [-0.15, -0.1) is 12.4 Å². The van der Waals surface area contributed by atoms with Gasteiger partial charge < -0.3 is 15.5 Å². The van der Waals surface area contributed by atoms with Crippen molar-refractivity contribution in [3.63, 3.8) is 0 Å². The minimum absolute atomic E-state index is 0. The summed E-state index contributed by atoms with van der Waals surface area (Å²) in [6.07, 6.45) is 1.01. The van der Waals surface area contributed by atoms with Gasteiger partial charge in [0.05, 0.1) is 0 Å². The Bertz CT molecular complexity index is 403. The monoisotopic (exact) mass is 269 g/mol. The Morgan fingerprint density at radius 1 is 1.44 bits per heavy atom. The van der Waals surface area contributed by atoms with Gasteiger partial charge in [-0.25, -0.2) is 0 Å². The van der Waals surface area contributed by atoms with Crippen LogP contribution >= 0.6 is 12.4 Å². The van der Waals surface area contributed by atoms with E-state index in [9.17, 15) is 4.79 Å². The molecule has 0 bridgehead atoms. The van der Waals surface area contributed by atoms with Crippen LogP contribution in [0, 0.1) is 0 Å². The molecule has 100 valence electrons. The van der Waals surface area contributed by atoms with E-state index in [4.69, 9.17) is 0 Å².